The second-order valence-electron chi connectivity index (χ2n) is 5.00. The number of nitrogens with one attached hydrogen (secondary N) is 2. The Hall–Kier alpha value is -1.15. The Morgan fingerprint density at radius 1 is 1.43 bits per heavy atom. The van der Waals surface area contributed by atoms with Crippen LogP contribution in [0.15, 0.2) is 23.1 Å². The van der Waals surface area contributed by atoms with Gasteiger partial charge in [-0.25, -0.2) is 13.1 Å². The molecule has 1 atom stereocenters. The first kappa shape index (κ1) is 16.2. The Balaban J connectivity index is 2.18. The van der Waals surface area contributed by atoms with Crippen LogP contribution in [-0.2, 0) is 21.3 Å². The van der Waals surface area contributed by atoms with E-state index in [0.29, 0.717) is 25.4 Å². The Kier molecular flexibility index (Phi) is 5.58. The summed E-state index contributed by atoms with van der Waals surface area (Å²) in [4.78, 5) is 0.163. The molecule has 6 nitrogen and oxygen atoms in total. The molecule has 1 fully saturated rings. The fraction of sp³-hybridized carbons (Fsp3) is 0.571. The monoisotopic (exact) mass is 314 g/mol. The highest BCUT2D eigenvalue weighted by Crippen LogP contribution is 2.25. The van der Waals surface area contributed by atoms with E-state index in [-0.39, 0.29) is 11.0 Å². The third-order valence-corrected chi connectivity index (χ3v) is 4.87. The Morgan fingerprint density at radius 3 is 2.86 bits per heavy atom. The van der Waals surface area contributed by atoms with Gasteiger partial charge in [-0.3, -0.25) is 0 Å². The molecular formula is C14H22N2O4S. The standard InChI is InChI=1S/C14H22N2O4S/c1-15-9-11-5-6-13(19-2)14(8-11)21(17,18)16-10-12-4-3-7-20-12/h5-6,8,12,15-16H,3-4,7,9-10H2,1-2H3. The van der Waals surface area contributed by atoms with Crippen LogP contribution in [-0.4, -0.2) is 41.8 Å². The van der Waals surface area contributed by atoms with E-state index in [1.54, 1.807) is 12.1 Å². The number of hydrogen-bond acceptors (Lipinski definition) is 5. The first-order chi connectivity index (χ1) is 10.1. The fourth-order valence-electron chi connectivity index (χ4n) is 2.33. The number of methoxy groups -OCH3 is 1. The van der Waals surface area contributed by atoms with Gasteiger partial charge in [0.2, 0.25) is 10.0 Å². The van der Waals surface area contributed by atoms with Crippen LogP contribution in [0.2, 0.25) is 0 Å². The van der Waals surface area contributed by atoms with E-state index in [2.05, 4.69) is 10.0 Å². The van der Waals surface area contributed by atoms with Gasteiger partial charge in [0.05, 0.1) is 13.2 Å². The lowest BCUT2D eigenvalue weighted by Crippen LogP contribution is -2.32. The van der Waals surface area contributed by atoms with Gasteiger partial charge < -0.3 is 14.8 Å². The minimum atomic E-state index is -3.61. The van der Waals surface area contributed by atoms with E-state index in [9.17, 15) is 8.42 Å². The molecule has 2 N–H and O–H groups in total. The van der Waals surface area contributed by atoms with E-state index < -0.39 is 10.0 Å². The molecule has 1 aromatic carbocycles. The molecule has 0 radical (unpaired) electrons. The maximum Gasteiger partial charge on any atom is 0.244 e. The van der Waals surface area contributed by atoms with Crippen molar-refractivity contribution in [3.63, 3.8) is 0 Å². The summed E-state index contributed by atoms with van der Waals surface area (Å²) in [7, 11) is -0.336. The second kappa shape index (κ2) is 7.22. The van der Waals surface area contributed by atoms with Crippen LogP contribution in [0.3, 0.4) is 0 Å². The van der Waals surface area contributed by atoms with Gasteiger partial charge in [0.25, 0.3) is 0 Å². The van der Waals surface area contributed by atoms with Gasteiger partial charge in [-0.2, -0.15) is 0 Å². The lowest BCUT2D eigenvalue weighted by molar-refractivity contribution is 0.114. The predicted molar refractivity (Wildman–Crippen MR) is 79.9 cm³/mol. The number of ether oxygens (including phenoxy) is 2. The molecule has 118 valence electrons. The molecular weight excluding hydrogens is 292 g/mol. The first-order valence-electron chi connectivity index (χ1n) is 6.99. The lowest BCUT2D eigenvalue weighted by atomic mass is 10.2. The van der Waals surface area contributed by atoms with Crippen LogP contribution < -0.4 is 14.8 Å². The fourth-order valence-corrected chi connectivity index (χ4v) is 3.61. The SMILES string of the molecule is CNCc1ccc(OC)c(S(=O)(=O)NCC2CCCO2)c1. The maximum absolute atomic E-state index is 12.5. The maximum atomic E-state index is 12.5. The summed E-state index contributed by atoms with van der Waals surface area (Å²) in [5.74, 6) is 0.342. The molecule has 21 heavy (non-hydrogen) atoms. The van der Waals surface area contributed by atoms with Crippen molar-refractivity contribution < 1.29 is 17.9 Å². The van der Waals surface area contributed by atoms with Crippen molar-refractivity contribution in [2.75, 3.05) is 27.3 Å². The van der Waals surface area contributed by atoms with Crippen molar-refractivity contribution in [2.45, 2.75) is 30.4 Å². The number of rotatable bonds is 7. The zero-order valence-corrected chi connectivity index (χ0v) is 13.2. The summed E-state index contributed by atoms with van der Waals surface area (Å²) in [5.41, 5.74) is 0.885. The summed E-state index contributed by atoms with van der Waals surface area (Å²) in [6, 6.07) is 5.15. The molecule has 0 saturated carbocycles. The van der Waals surface area contributed by atoms with E-state index >= 15 is 0 Å². The molecule has 7 heteroatoms. The summed E-state index contributed by atoms with van der Waals surface area (Å²) >= 11 is 0. The van der Waals surface area contributed by atoms with Crippen LogP contribution in [0.1, 0.15) is 18.4 Å². The third-order valence-electron chi connectivity index (χ3n) is 3.42. The van der Waals surface area contributed by atoms with Gasteiger partial charge in [-0.05, 0) is 37.6 Å². The van der Waals surface area contributed by atoms with E-state index in [1.807, 2.05) is 13.1 Å². The molecule has 1 unspecified atom stereocenters. The van der Waals surface area contributed by atoms with Gasteiger partial charge in [0, 0.05) is 19.7 Å². The number of benzene rings is 1. The number of sulfonamides is 1. The molecule has 0 aliphatic carbocycles. The quantitative estimate of drug-likeness (QED) is 0.781. The second-order valence-corrected chi connectivity index (χ2v) is 6.74. The van der Waals surface area contributed by atoms with Gasteiger partial charge in [0.1, 0.15) is 10.6 Å². The van der Waals surface area contributed by atoms with E-state index in [4.69, 9.17) is 9.47 Å². The van der Waals surface area contributed by atoms with Crippen molar-refractivity contribution in [2.24, 2.45) is 0 Å². The molecule has 0 bridgehead atoms. The minimum absolute atomic E-state index is 0.0359. The molecule has 0 spiro atoms. The predicted octanol–water partition coefficient (Wildman–Crippen LogP) is 0.872. The van der Waals surface area contributed by atoms with Gasteiger partial charge in [0.15, 0.2) is 0 Å². The summed E-state index contributed by atoms with van der Waals surface area (Å²) in [6.07, 6.45) is 1.83. The molecule has 1 saturated heterocycles. The highest BCUT2D eigenvalue weighted by molar-refractivity contribution is 7.89. The van der Waals surface area contributed by atoms with Crippen molar-refractivity contribution in [1.82, 2.24) is 10.0 Å². The van der Waals surface area contributed by atoms with E-state index in [0.717, 1.165) is 18.4 Å². The van der Waals surface area contributed by atoms with Gasteiger partial charge >= 0.3 is 0 Å². The van der Waals surface area contributed by atoms with Gasteiger partial charge in [-0.15, -0.1) is 0 Å². The number of hydrogen-bond donors (Lipinski definition) is 2. The molecule has 1 aliphatic heterocycles. The molecule has 0 aromatic heterocycles. The van der Waals surface area contributed by atoms with Crippen LogP contribution in [0.4, 0.5) is 0 Å². The van der Waals surface area contributed by atoms with Crippen molar-refractivity contribution in [1.29, 1.82) is 0 Å². The van der Waals surface area contributed by atoms with Gasteiger partial charge in [-0.1, -0.05) is 6.07 Å². The average Bonchev–Trinajstić information content (AvgIpc) is 2.99. The summed E-state index contributed by atoms with van der Waals surface area (Å²) < 4.78 is 38.1. The normalized spacial score (nSPS) is 18.9. The van der Waals surface area contributed by atoms with E-state index in [1.165, 1.54) is 7.11 Å². The average molecular weight is 314 g/mol. The largest absolute Gasteiger partial charge is 0.495 e. The summed E-state index contributed by atoms with van der Waals surface area (Å²) in [5, 5.41) is 3.00. The molecule has 1 heterocycles. The lowest BCUT2D eigenvalue weighted by Gasteiger charge is -2.14. The van der Waals surface area contributed by atoms with Crippen molar-refractivity contribution in [3.8, 4) is 5.75 Å². The smallest absolute Gasteiger partial charge is 0.244 e. The molecule has 1 aliphatic rings. The molecule has 1 aromatic rings. The molecule has 2 rings (SSSR count). The van der Waals surface area contributed by atoms with Crippen LogP contribution in [0.25, 0.3) is 0 Å². The minimum Gasteiger partial charge on any atom is -0.495 e. The van der Waals surface area contributed by atoms with Crippen LogP contribution in [0.5, 0.6) is 5.75 Å². The van der Waals surface area contributed by atoms with Crippen LogP contribution >= 0.6 is 0 Å². The topological polar surface area (TPSA) is 76.7 Å². The van der Waals surface area contributed by atoms with Crippen LogP contribution in [0, 0.1) is 0 Å². The molecule has 0 amide bonds. The Bertz CT molecular complexity index is 568. The van der Waals surface area contributed by atoms with Crippen molar-refractivity contribution >= 4 is 10.0 Å². The Morgan fingerprint density at radius 2 is 2.24 bits per heavy atom. The third kappa shape index (κ3) is 4.16. The van der Waals surface area contributed by atoms with Crippen molar-refractivity contribution in [3.05, 3.63) is 23.8 Å². The first-order valence-corrected chi connectivity index (χ1v) is 8.48. The highest BCUT2D eigenvalue weighted by atomic mass is 32.2. The zero-order chi connectivity index (χ0) is 15.3. The highest BCUT2D eigenvalue weighted by Gasteiger charge is 2.23. The Labute approximate surface area is 125 Å². The summed E-state index contributed by atoms with van der Waals surface area (Å²) in [6.45, 7) is 1.59. The zero-order valence-electron chi connectivity index (χ0n) is 12.4.